The molecule has 132 valence electrons. The Bertz CT molecular complexity index is 611. The van der Waals surface area contributed by atoms with E-state index >= 15 is 0 Å². The molecule has 1 amide bonds. The van der Waals surface area contributed by atoms with Gasteiger partial charge in [0.1, 0.15) is 0 Å². The maximum atomic E-state index is 13.3. The van der Waals surface area contributed by atoms with Gasteiger partial charge in [-0.3, -0.25) is 4.79 Å². The van der Waals surface area contributed by atoms with Crippen molar-refractivity contribution in [3.8, 4) is 0 Å². The van der Waals surface area contributed by atoms with E-state index in [1.807, 2.05) is 7.05 Å². The maximum absolute atomic E-state index is 13.3. The minimum Gasteiger partial charge on any atom is -0.355 e. The van der Waals surface area contributed by atoms with Crippen molar-refractivity contribution in [3.05, 3.63) is 35.4 Å². The number of halogens is 3. The van der Waals surface area contributed by atoms with Gasteiger partial charge in [-0.25, -0.2) is 0 Å². The number of hydrogen-bond acceptors (Lipinski definition) is 2. The van der Waals surface area contributed by atoms with E-state index in [4.69, 9.17) is 0 Å². The molecule has 3 rings (SSSR count). The first-order valence-electron chi connectivity index (χ1n) is 8.46. The summed E-state index contributed by atoms with van der Waals surface area (Å²) in [5.41, 5.74) is -1.57. The van der Waals surface area contributed by atoms with Gasteiger partial charge in [-0.2, -0.15) is 13.2 Å². The lowest BCUT2D eigenvalue weighted by Gasteiger charge is -2.42. The van der Waals surface area contributed by atoms with Crippen LogP contribution in [0.3, 0.4) is 0 Å². The molecule has 2 aliphatic rings. The fraction of sp³-hybridized carbons (Fsp3) is 0.611. The quantitative estimate of drug-likeness (QED) is 0.913. The molecule has 0 aromatic heterocycles. The molecule has 0 radical (unpaired) electrons. The lowest BCUT2D eigenvalue weighted by molar-refractivity contribution is -0.140. The zero-order valence-corrected chi connectivity index (χ0v) is 13.8. The molecule has 0 bridgehead atoms. The fourth-order valence-electron chi connectivity index (χ4n) is 3.90. The topological polar surface area (TPSA) is 32.3 Å². The monoisotopic (exact) mass is 340 g/mol. The number of alkyl halides is 3. The van der Waals surface area contributed by atoms with Crippen molar-refractivity contribution in [2.24, 2.45) is 5.92 Å². The van der Waals surface area contributed by atoms with Crippen LogP contribution in [0.4, 0.5) is 13.2 Å². The zero-order valence-electron chi connectivity index (χ0n) is 13.8. The van der Waals surface area contributed by atoms with Crippen LogP contribution in [0.2, 0.25) is 0 Å². The molecule has 2 fully saturated rings. The molecular weight excluding hydrogens is 317 g/mol. The van der Waals surface area contributed by atoms with E-state index in [2.05, 4.69) is 10.2 Å². The molecule has 24 heavy (non-hydrogen) atoms. The second kappa shape index (κ2) is 6.39. The van der Waals surface area contributed by atoms with E-state index < -0.39 is 17.2 Å². The number of amides is 1. The SMILES string of the molecule is CN1CCC(CNC(=O)C2(c3ccccc3C(F)(F)F)CCC2)C1. The van der Waals surface area contributed by atoms with Gasteiger partial charge in [0.15, 0.2) is 0 Å². The highest BCUT2D eigenvalue weighted by Crippen LogP contribution is 2.48. The van der Waals surface area contributed by atoms with Crippen molar-refractivity contribution in [2.75, 3.05) is 26.7 Å². The average Bonchev–Trinajstić information content (AvgIpc) is 2.89. The van der Waals surface area contributed by atoms with Crippen LogP contribution in [-0.2, 0) is 16.4 Å². The van der Waals surface area contributed by atoms with Gasteiger partial charge in [-0.1, -0.05) is 24.6 Å². The van der Waals surface area contributed by atoms with Crippen molar-refractivity contribution < 1.29 is 18.0 Å². The minimum absolute atomic E-state index is 0.129. The van der Waals surface area contributed by atoms with Crippen LogP contribution >= 0.6 is 0 Å². The number of rotatable bonds is 4. The molecule has 1 unspecified atom stereocenters. The Morgan fingerprint density at radius 3 is 2.58 bits per heavy atom. The van der Waals surface area contributed by atoms with Crippen molar-refractivity contribution in [1.29, 1.82) is 0 Å². The summed E-state index contributed by atoms with van der Waals surface area (Å²) in [5, 5.41) is 2.93. The standard InChI is InChI=1S/C18H23F3N2O/c1-23-10-7-13(12-23)11-22-16(24)17(8-4-9-17)14-5-2-3-6-15(14)18(19,20)21/h2-3,5-6,13H,4,7-12H2,1H3,(H,22,24). The van der Waals surface area contributed by atoms with Gasteiger partial charge in [-0.05, 0) is 50.4 Å². The Kier molecular flexibility index (Phi) is 4.60. The van der Waals surface area contributed by atoms with Gasteiger partial charge in [0.05, 0.1) is 11.0 Å². The van der Waals surface area contributed by atoms with Crippen LogP contribution in [0.15, 0.2) is 24.3 Å². The van der Waals surface area contributed by atoms with E-state index in [-0.39, 0.29) is 11.5 Å². The predicted molar refractivity (Wildman–Crippen MR) is 85.6 cm³/mol. The number of carbonyl (C=O) groups excluding carboxylic acids is 1. The van der Waals surface area contributed by atoms with Crippen LogP contribution < -0.4 is 5.32 Å². The Labute approximate surface area is 140 Å². The fourth-order valence-corrected chi connectivity index (χ4v) is 3.90. The Balaban J connectivity index is 1.78. The first-order valence-corrected chi connectivity index (χ1v) is 8.46. The van der Waals surface area contributed by atoms with Crippen molar-refractivity contribution in [1.82, 2.24) is 10.2 Å². The number of nitrogens with zero attached hydrogens (tertiary/aromatic N) is 1. The third-order valence-corrected chi connectivity index (χ3v) is 5.43. The lowest BCUT2D eigenvalue weighted by atomic mass is 9.62. The summed E-state index contributed by atoms with van der Waals surface area (Å²) in [6, 6.07) is 5.51. The first kappa shape index (κ1) is 17.3. The Morgan fingerprint density at radius 1 is 1.33 bits per heavy atom. The summed E-state index contributed by atoms with van der Waals surface area (Å²) in [7, 11) is 2.04. The first-order chi connectivity index (χ1) is 11.3. The molecule has 1 aliphatic heterocycles. The average molecular weight is 340 g/mol. The summed E-state index contributed by atoms with van der Waals surface area (Å²) < 4.78 is 40.0. The normalized spacial score (nSPS) is 23.8. The molecular formula is C18H23F3N2O. The maximum Gasteiger partial charge on any atom is 0.416 e. The summed E-state index contributed by atoms with van der Waals surface area (Å²) in [6.07, 6.45) is -1.67. The molecule has 1 atom stereocenters. The molecule has 3 nitrogen and oxygen atoms in total. The van der Waals surface area contributed by atoms with E-state index in [1.165, 1.54) is 12.1 Å². The van der Waals surface area contributed by atoms with Crippen molar-refractivity contribution in [3.63, 3.8) is 0 Å². The highest BCUT2D eigenvalue weighted by molar-refractivity contribution is 5.89. The number of carbonyl (C=O) groups is 1. The summed E-state index contributed by atoms with van der Waals surface area (Å²) >= 11 is 0. The Hall–Kier alpha value is -1.56. The van der Waals surface area contributed by atoms with Crippen LogP contribution in [0.1, 0.15) is 36.8 Å². The summed E-state index contributed by atoms with van der Waals surface area (Å²) in [5.74, 6) is 0.133. The molecule has 1 aromatic carbocycles. The molecule has 1 saturated carbocycles. The molecule has 1 saturated heterocycles. The molecule has 1 N–H and O–H groups in total. The van der Waals surface area contributed by atoms with Gasteiger partial charge >= 0.3 is 6.18 Å². The highest BCUT2D eigenvalue weighted by Gasteiger charge is 2.50. The molecule has 1 heterocycles. The lowest BCUT2D eigenvalue weighted by Crippen LogP contribution is -2.51. The van der Waals surface area contributed by atoms with Gasteiger partial charge in [0, 0.05) is 13.1 Å². The van der Waals surface area contributed by atoms with Gasteiger partial charge in [-0.15, -0.1) is 0 Å². The second-order valence-corrected chi connectivity index (χ2v) is 7.11. The van der Waals surface area contributed by atoms with Crippen LogP contribution in [0.5, 0.6) is 0 Å². The number of hydrogen-bond donors (Lipinski definition) is 1. The third kappa shape index (κ3) is 3.16. The Morgan fingerprint density at radius 2 is 2.04 bits per heavy atom. The van der Waals surface area contributed by atoms with Crippen LogP contribution in [0, 0.1) is 5.92 Å². The molecule has 6 heteroatoms. The van der Waals surface area contributed by atoms with E-state index in [0.29, 0.717) is 25.3 Å². The van der Waals surface area contributed by atoms with E-state index in [9.17, 15) is 18.0 Å². The number of nitrogens with one attached hydrogen (secondary N) is 1. The molecule has 0 spiro atoms. The van der Waals surface area contributed by atoms with Gasteiger partial charge in [0.2, 0.25) is 5.91 Å². The molecule has 1 aromatic rings. The summed E-state index contributed by atoms with van der Waals surface area (Å²) in [4.78, 5) is 15.0. The van der Waals surface area contributed by atoms with Crippen molar-refractivity contribution >= 4 is 5.91 Å². The van der Waals surface area contributed by atoms with Crippen LogP contribution in [-0.4, -0.2) is 37.5 Å². The van der Waals surface area contributed by atoms with Crippen LogP contribution in [0.25, 0.3) is 0 Å². The van der Waals surface area contributed by atoms with E-state index in [1.54, 1.807) is 6.07 Å². The molecule has 1 aliphatic carbocycles. The minimum atomic E-state index is -4.44. The second-order valence-electron chi connectivity index (χ2n) is 7.11. The number of benzene rings is 1. The van der Waals surface area contributed by atoms with Gasteiger partial charge < -0.3 is 10.2 Å². The van der Waals surface area contributed by atoms with Gasteiger partial charge in [0.25, 0.3) is 0 Å². The predicted octanol–water partition coefficient (Wildman–Crippen LogP) is 3.20. The number of likely N-dealkylation sites (tertiary alicyclic amines) is 1. The third-order valence-electron chi connectivity index (χ3n) is 5.43. The van der Waals surface area contributed by atoms with E-state index in [0.717, 1.165) is 32.0 Å². The zero-order chi connectivity index (χ0) is 17.4. The smallest absolute Gasteiger partial charge is 0.355 e. The van der Waals surface area contributed by atoms with Crippen molar-refractivity contribution in [2.45, 2.75) is 37.3 Å². The summed E-state index contributed by atoms with van der Waals surface area (Å²) in [6.45, 7) is 2.47. The highest BCUT2D eigenvalue weighted by atomic mass is 19.4. The largest absolute Gasteiger partial charge is 0.416 e.